The van der Waals surface area contributed by atoms with Crippen LogP contribution in [0.15, 0.2) is 23.6 Å². The summed E-state index contributed by atoms with van der Waals surface area (Å²) in [5.74, 6) is 0.979. The lowest BCUT2D eigenvalue weighted by Gasteiger charge is -2.13. The van der Waals surface area contributed by atoms with Crippen molar-refractivity contribution in [2.45, 2.75) is 39.8 Å². The zero-order valence-corrected chi connectivity index (χ0v) is 13.2. The highest BCUT2D eigenvalue weighted by Gasteiger charge is 2.08. The first-order valence-electron chi connectivity index (χ1n) is 7.03. The van der Waals surface area contributed by atoms with Gasteiger partial charge in [-0.3, -0.25) is 0 Å². The van der Waals surface area contributed by atoms with Gasteiger partial charge < -0.3 is 10.1 Å². The van der Waals surface area contributed by atoms with Gasteiger partial charge in [-0.25, -0.2) is 4.98 Å². The molecule has 0 saturated carbocycles. The number of hydrogen-bond donors (Lipinski definition) is 1. The molecule has 1 heterocycles. The van der Waals surface area contributed by atoms with Crippen LogP contribution in [-0.4, -0.2) is 12.0 Å². The molecule has 4 heteroatoms. The summed E-state index contributed by atoms with van der Waals surface area (Å²) in [7, 11) is 1.95. The molecule has 0 bridgehead atoms. The summed E-state index contributed by atoms with van der Waals surface area (Å²) in [6.07, 6.45) is 2.19. The van der Waals surface area contributed by atoms with Crippen molar-refractivity contribution in [1.29, 1.82) is 0 Å². The molecule has 3 nitrogen and oxygen atoms in total. The van der Waals surface area contributed by atoms with E-state index in [1.807, 2.05) is 7.05 Å². The van der Waals surface area contributed by atoms with Gasteiger partial charge in [-0.1, -0.05) is 25.1 Å². The second kappa shape index (κ2) is 7.41. The lowest BCUT2D eigenvalue weighted by molar-refractivity contribution is 0.296. The number of benzene rings is 1. The van der Waals surface area contributed by atoms with Crippen LogP contribution >= 0.6 is 11.3 Å². The molecule has 0 aliphatic heterocycles. The Balaban J connectivity index is 2.05. The van der Waals surface area contributed by atoms with E-state index in [-0.39, 0.29) is 0 Å². The highest BCUT2D eigenvalue weighted by molar-refractivity contribution is 7.09. The number of para-hydroxylation sites is 1. The van der Waals surface area contributed by atoms with Crippen molar-refractivity contribution in [3.8, 4) is 5.75 Å². The molecule has 0 atom stereocenters. The molecular formula is C16H22N2OS. The summed E-state index contributed by atoms with van der Waals surface area (Å²) in [6.45, 7) is 5.62. The summed E-state index contributed by atoms with van der Waals surface area (Å²) in [5, 5.41) is 6.48. The lowest BCUT2D eigenvalue weighted by Crippen LogP contribution is -2.08. The summed E-state index contributed by atoms with van der Waals surface area (Å²) in [6, 6.07) is 6.25. The van der Waals surface area contributed by atoms with E-state index in [2.05, 4.69) is 47.7 Å². The van der Waals surface area contributed by atoms with E-state index in [0.29, 0.717) is 6.61 Å². The average Bonchev–Trinajstić information content (AvgIpc) is 2.87. The predicted molar refractivity (Wildman–Crippen MR) is 84.4 cm³/mol. The van der Waals surface area contributed by atoms with E-state index in [0.717, 1.165) is 30.8 Å². The smallest absolute Gasteiger partial charge is 0.131 e. The molecule has 0 aliphatic carbocycles. The van der Waals surface area contributed by atoms with E-state index in [1.54, 1.807) is 11.3 Å². The highest BCUT2D eigenvalue weighted by Crippen LogP contribution is 2.24. The van der Waals surface area contributed by atoms with Gasteiger partial charge in [0.2, 0.25) is 0 Å². The Bertz CT molecular complexity index is 551. The van der Waals surface area contributed by atoms with Crippen molar-refractivity contribution in [1.82, 2.24) is 10.3 Å². The van der Waals surface area contributed by atoms with Crippen LogP contribution in [0.1, 0.15) is 35.2 Å². The number of thiazole rings is 1. The standard InChI is InChI=1S/C16H22N2OS/c1-4-6-15-18-14(11-20-15)10-19-16-12(2)7-5-8-13(16)9-17-3/h5,7-8,11,17H,4,6,9-10H2,1-3H3. The summed E-state index contributed by atoms with van der Waals surface area (Å²) in [5.41, 5.74) is 3.38. The molecule has 0 spiro atoms. The van der Waals surface area contributed by atoms with E-state index in [9.17, 15) is 0 Å². The number of ether oxygens (including phenoxy) is 1. The van der Waals surface area contributed by atoms with Crippen LogP contribution in [0, 0.1) is 6.92 Å². The van der Waals surface area contributed by atoms with Gasteiger partial charge in [0.15, 0.2) is 0 Å². The third-order valence-corrected chi connectivity index (χ3v) is 4.05. The molecule has 108 valence electrons. The average molecular weight is 290 g/mol. The van der Waals surface area contributed by atoms with Crippen LogP contribution < -0.4 is 10.1 Å². The molecule has 0 aliphatic rings. The summed E-state index contributed by atoms with van der Waals surface area (Å²) < 4.78 is 6.00. The third kappa shape index (κ3) is 3.81. The molecule has 1 aromatic carbocycles. The van der Waals surface area contributed by atoms with E-state index in [4.69, 9.17) is 4.74 Å². The van der Waals surface area contributed by atoms with Crippen LogP contribution in [0.4, 0.5) is 0 Å². The van der Waals surface area contributed by atoms with Crippen molar-refractivity contribution in [2.75, 3.05) is 7.05 Å². The van der Waals surface area contributed by atoms with Crippen molar-refractivity contribution >= 4 is 11.3 Å². The maximum atomic E-state index is 6.00. The zero-order valence-electron chi connectivity index (χ0n) is 12.4. The molecule has 2 aromatic rings. The van der Waals surface area contributed by atoms with Gasteiger partial charge in [0.05, 0.1) is 10.7 Å². The van der Waals surface area contributed by atoms with E-state index < -0.39 is 0 Å². The van der Waals surface area contributed by atoms with Gasteiger partial charge in [0.1, 0.15) is 12.4 Å². The molecule has 1 aromatic heterocycles. The third-order valence-electron chi connectivity index (χ3n) is 3.09. The molecule has 2 rings (SSSR count). The molecule has 0 unspecified atom stereocenters. The number of rotatable bonds is 7. The Morgan fingerprint density at radius 1 is 1.35 bits per heavy atom. The maximum Gasteiger partial charge on any atom is 0.131 e. The van der Waals surface area contributed by atoms with Gasteiger partial charge in [-0.2, -0.15) is 0 Å². The minimum atomic E-state index is 0.543. The SMILES string of the molecule is CCCc1nc(COc2c(C)cccc2CNC)cs1. The monoisotopic (exact) mass is 290 g/mol. The summed E-state index contributed by atoms with van der Waals surface area (Å²) >= 11 is 1.72. The van der Waals surface area contributed by atoms with Crippen LogP contribution in [-0.2, 0) is 19.6 Å². The number of nitrogens with one attached hydrogen (secondary N) is 1. The van der Waals surface area contributed by atoms with Gasteiger partial charge in [-0.05, 0) is 32.4 Å². The zero-order chi connectivity index (χ0) is 14.4. The Morgan fingerprint density at radius 2 is 2.20 bits per heavy atom. The number of hydrogen-bond acceptors (Lipinski definition) is 4. The minimum Gasteiger partial charge on any atom is -0.487 e. The quantitative estimate of drug-likeness (QED) is 0.844. The topological polar surface area (TPSA) is 34.1 Å². The fraction of sp³-hybridized carbons (Fsp3) is 0.438. The van der Waals surface area contributed by atoms with Crippen LogP contribution in [0.25, 0.3) is 0 Å². The van der Waals surface area contributed by atoms with Crippen molar-refractivity contribution < 1.29 is 4.74 Å². The minimum absolute atomic E-state index is 0.543. The second-order valence-electron chi connectivity index (χ2n) is 4.86. The van der Waals surface area contributed by atoms with E-state index in [1.165, 1.54) is 16.1 Å². The van der Waals surface area contributed by atoms with Crippen LogP contribution in [0.2, 0.25) is 0 Å². The number of aromatic nitrogens is 1. The molecule has 0 fully saturated rings. The number of aryl methyl sites for hydroxylation is 2. The van der Waals surface area contributed by atoms with Crippen molar-refractivity contribution in [2.24, 2.45) is 0 Å². The Labute approximate surface area is 125 Å². The Hall–Kier alpha value is -1.39. The molecule has 20 heavy (non-hydrogen) atoms. The first kappa shape index (κ1) is 15.0. The Kier molecular flexibility index (Phi) is 5.56. The second-order valence-corrected chi connectivity index (χ2v) is 5.81. The largest absolute Gasteiger partial charge is 0.487 e. The normalized spacial score (nSPS) is 10.8. The Morgan fingerprint density at radius 3 is 2.95 bits per heavy atom. The maximum absolute atomic E-state index is 6.00. The molecule has 0 amide bonds. The van der Waals surface area contributed by atoms with Crippen molar-refractivity contribution in [3.05, 3.63) is 45.4 Å². The van der Waals surface area contributed by atoms with Gasteiger partial charge >= 0.3 is 0 Å². The molecule has 0 radical (unpaired) electrons. The fourth-order valence-electron chi connectivity index (χ4n) is 2.14. The molecule has 0 saturated heterocycles. The molecule has 1 N–H and O–H groups in total. The number of nitrogens with zero attached hydrogens (tertiary/aromatic N) is 1. The van der Waals surface area contributed by atoms with Crippen molar-refractivity contribution in [3.63, 3.8) is 0 Å². The highest BCUT2D eigenvalue weighted by atomic mass is 32.1. The van der Waals surface area contributed by atoms with E-state index >= 15 is 0 Å². The lowest BCUT2D eigenvalue weighted by atomic mass is 10.1. The first-order valence-corrected chi connectivity index (χ1v) is 7.91. The van der Waals surface area contributed by atoms with Gasteiger partial charge in [0.25, 0.3) is 0 Å². The van der Waals surface area contributed by atoms with Gasteiger partial charge in [-0.15, -0.1) is 11.3 Å². The van der Waals surface area contributed by atoms with Crippen LogP contribution in [0.5, 0.6) is 5.75 Å². The summed E-state index contributed by atoms with van der Waals surface area (Å²) in [4.78, 5) is 4.60. The molecular weight excluding hydrogens is 268 g/mol. The van der Waals surface area contributed by atoms with Crippen LogP contribution in [0.3, 0.4) is 0 Å². The fourth-order valence-corrected chi connectivity index (χ4v) is 3.02. The first-order chi connectivity index (χ1) is 9.74. The van der Waals surface area contributed by atoms with Gasteiger partial charge in [0, 0.05) is 17.5 Å². The predicted octanol–water partition coefficient (Wildman–Crippen LogP) is 3.70.